The summed E-state index contributed by atoms with van der Waals surface area (Å²) in [5.74, 6) is 0. The predicted octanol–water partition coefficient (Wildman–Crippen LogP) is 3.12. The Kier molecular flexibility index (Phi) is 6.34. The lowest BCUT2D eigenvalue weighted by Gasteiger charge is -2.09. The van der Waals surface area contributed by atoms with Crippen LogP contribution in [0.1, 0.15) is 18.9 Å². The Balaban J connectivity index is 1.90. The first-order chi connectivity index (χ1) is 11.5. The van der Waals surface area contributed by atoms with Crippen molar-refractivity contribution in [1.29, 1.82) is 0 Å². The van der Waals surface area contributed by atoms with Crippen molar-refractivity contribution in [3.8, 4) is 0 Å². The molecule has 1 amide bonds. The molecular weight excluding hydrogens is 328 g/mol. The maximum Gasteiger partial charge on any atom is 0.411 e. The zero-order valence-electron chi connectivity index (χ0n) is 13.4. The molecule has 0 saturated carbocycles. The fourth-order valence-corrected chi connectivity index (χ4v) is 3.05. The molecular formula is C17H20N2O4S. The predicted molar refractivity (Wildman–Crippen MR) is 92.2 cm³/mol. The first-order valence-corrected chi connectivity index (χ1v) is 9.07. The standard InChI is InChI=1S/C17H20N2O4S/c1-2-12-18-24(21,22)16-10-8-15(9-11-16)19-17(20)23-13-14-6-4-3-5-7-14/h3-11,18H,2,12-13H2,1H3,(H,19,20). The summed E-state index contributed by atoms with van der Waals surface area (Å²) in [6, 6.07) is 15.2. The summed E-state index contributed by atoms with van der Waals surface area (Å²) in [5.41, 5.74) is 1.35. The van der Waals surface area contributed by atoms with Crippen molar-refractivity contribution in [2.45, 2.75) is 24.8 Å². The molecule has 24 heavy (non-hydrogen) atoms. The van der Waals surface area contributed by atoms with E-state index in [-0.39, 0.29) is 11.5 Å². The van der Waals surface area contributed by atoms with Crippen molar-refractivity contribution in [3.05, 3.63) is 60.2 Å². The van der Waals surface area contributed by atoms with Crippen molar-refractivity contribution >= 4 is 21.8 Å². The number of rotatable bonds is 7. The Morgan fingerprint density at radius 2 is 1.71 bits per heavy atom. The highest BCUT2D eigenvalue weighted by Gasteiger charge is 2.13. The highest BCUT2D eigenvalue weighted by molar-refractivity contribution is 7.89. The van der Waals surface area contributed by atoms with Gasteiger partial charge in [-0.05, 0) is 36.2 Å². The van der Waals surface area contributed by atoms with Crippen LogP contribution in [0.3, 0.4) is 0 Å². The minimum Gasteiger partial charge on any atom is -0.444 e. The molecule has 0 aromatic heterocycles. The smallest absolute Gasteiger partial charge is 0.411 e. The summed E-state index contributed by atoms with van der Waals surface area (Å²) in [5, 5.41) is 2.56. The van der Waals surface area contributed by atoms with Crippen LogP contribution in [-0.2, 0) is 21.4 Å². The van der Waals surface area contributed by atoms with Crippen LogP contribution >= 0.6 is 0 Å². The van der Waals surface area contributed by atoms with Crippen LogP contribution in [0.2, 0.25) is 0 Å². The van der Waals surface area contributed by atoms with Gasteiger partial charge in [0.05, 0.1) is 4.90 Å². The minimum atomic E-state index is -3.51. The van der Waals surface area contributed by atoms with Crippen molar-refractivity contribution in [3.63, 3.8) is 0 Å². The lowest BCUT2D eigenvalue weighted by atomic mass is 10.2. The average Bonchev–Trinajstić information content (AvgIpc) is 2.60. The molecule has 0 bridgehead atoms. The number of benzene rings is 2. The summed E-state index contributed by atoms with van der Waals surface area (Å²) in [7, 11) is -3.51. The van der Waals surface area contributed by atoms with Crippen molar-refractivity contribution in [1.82, 2.24) is 4.72 Å². The van der Waals surface area contributed by atoms with Gasteiger partial charge in [0.25, 0.3) is 0 Å². The summed E-state index contributed by atoms with van der Waals surface area (Å²) in [6.07, 6.45) is 0.116. The van der Waals surface area contributed by atoms with E-state index < -0.39 is 16.1 Å². The Hall–Kier alpha value is -2.38. The second-order valence-corrected chi connectivity index (χ2v) is 6.88. The SMILES string of the molecule is CCCNS(=O)(=O)c1ccc(NC(=O)OCc2ccccc2)cc1. The highest BCUT2D eigenvalue weighted by Crippen LogP contribution is 2.14. The molecule has 0 aliphatic rings. The Morgan fingerprint density at radius 3 is 2.33 bits per heavy atom. The van der Waals surface area contributed by atoms with Crippen molar-refractivity contribution < 1.29 is 17.9 Å². The van der Waals surface area contributed by atoms with Crippen LogP contribution in [0.4, 0.5) is 10.5 Å². The first-order valence-electron chi connectivity index (χ1n) is 7.58. The third kappa shape index (κ3) is 5.36. The molecule has 128 valence electrons. The second kappa shape index (κ2) is 8.47. The van der Waals surface area contributed by atoms with E-state index in [0.717, 1.165) is 5.56 Å². The van der Waals surface area contributed by atoms with E-state index in [0.29, 0.717) is 18.7 Å². The Labute approximate surface area is 141 Å². The maximum absolute atomic E-state index is 12.0. The van der Waals surface area contributed by atoms with E-state index in [9.17, 15) is 13.2 Å². The molecule has 2 N–H and O–H groups in total. The van der Waals surface area contributed by atoms with Crippen LogP contribution in [0.25, 0.3) is 0 Å². The molecule has 0 unspecified atom stereocenters. The zero-order chi connectivity index (χ0) is 17.4. The van der Waals surface area contributed by atoms with Crippen LogP contribution in [-0.4, -0.2) is 21.1 Å². The lowest BCUT2D eigenvalue weighted by molar-refractivity contribution is 0.155. The van der Waals surface area contributed by atoms with E-state index >= 15 is 0 Å². The number of hydrogen-bond acceptors (Lipinski definition) is 4. The quantitative estimate of drug-likeness (QED) is 0.805. The third-order valence-electron chi connectivity index (χ3n) is 3.17. The number of anilines is 1. The number of sulfonamides is 1. The molecule has 0 aliphatic carbocycles. The fourth-order valence-electron chi connectivity index (χ4n) is 1.91. The van der Waals surface area contributed by atoms with Crippen LogP contribution in [0, 0.1) is 0 Å². The van der Waals surface area contributed by atoms with Crippen molar-refractivity contribution in [2.24, 2.45) is 0 Å². The molecule has 7 heteroatoms. The average molecular weight is 348 g/mol. The molecule has 0 radical (unpaired) electrons. The molecule has 0 heterocycles. The number of amides is 1. The van der Waals surface area contributed by atoms with Crippen LogP contribution in [0.15, 0.2) is 59.5 Å². The normalized spacial score (nSPS) is 11.0. The molecule has 2 rings (SSSR count). The molecule has 2 aromatic carbocycles. The van der Waals surface area contributed by atoms with E-state index in [1.807, 2.05) is 37.3 Å². The second-order valence-electron chi connectivity index (χ2n) is 5.11. The van der Waals surface area contributed by atoms with Crippen molar-refractivity contribution in [2.75, 3.05) is 11.9 Å². The number of ether oxygens (including phenoxy) is 1. The van der Waals surface area contributed by atoms with Gasteiger partial charge in [-0.3, -0.25) is 5.32 Å². The number of nitrogens with one attached hydrogen (secondary N) is 2. The molecule has 6 nitrogen and oxygen atoms in total. The van der Waals surface area contributed by atoms with Gasteiger partial charge in [0.15, 0.2) is 0 Å². The van der Waals surface area contributed by atoms with E-state index in [2.05, 4.69) is 10.0 Å². The molecule has 0 saturated heterocycles. The van der Waals surface area contributed by atoms with Crippen LogP contribution in [0.5, 0.6) is 0 Å². The lowest BCUT2D eigenvalue weighted by Crippen LogP contribution is -2.24. The van der Waals surface area contributed by atoms with Gasteiger partial charge in [0.2, 0.25) is 10.0 Å². The topological polar surface area (TPSA) is 84.5 Å². The van der Waals surface area contributed by atoms with Gasteiger partial charge in [-0.25, -0.2) is 17.9 Å². The summed E-state index contributed by atoms with van der Waals surface area (Å²) in [6.45, 7) is 2.44. The number of hydrogen-bond donors (Lipinski definition) is 2. The van der Waals surface area contributed by atoms with Gasteiger partial charge in [0, 0.05) is 12.2 Å². The zero-order valence-corrected chi connectivity index (χ0v) is 14.2. The van der Waals surface area contributed by atoms with Gasteiger partial charge in [0.1, 0.15) is 6.61 Å². The highest BCUT2D eigenvalue weighted by atomic mass is 32.2. The van der Waals surface area contributed by atoms with Gasteiger partial charge in [-0.2, -0.15) is 0 Å². The number of carbonyl (C=O) groups is 1. The molecule has 2 aromatic rings. The van der Waals surface area contributed by atoms with Gasteiger partial charge in [-0.15, -0.1) is 0 Å². The van der Waals surface area contributed by atoms with Gasteiger partial charge in [-0.1, -0.05) is 37.3 Å². The Morgan fingerprint density at radius 1 is 1.04 bits per heavy atom. The van der Waals surface area contributed by atoms with E-state index in [4.69, 9.17) is 4.74 Å². The summed E-state index contributed by atoms with van der Waals surface area (Å²) in [4.78, 5) is 11.9. The maximum atomic E-state index is 12.0. The largest absolute Gasteiger partial charge is 0.444 e. The molecule has 0 spiro atoms. The van der Waals surface area contributed by atoms with E-state index in [1.54, 1.807) is 0 Å². The Bertz CT molecular complexity index is 759. The minimum absolute atomic E-state index is 0.152. The molecule has 0 aliphatic heterocycles. The van der Waals surface area contributed by atoms with Gasteiger partial charge < -0.3 is 4.74 Å². The van der Waals surface area contributed by atoms with Gasteiger partial charge >= 0.3 is 6.09 Å². The first kappa shape index (κ1) is 18.0. The fraction of sp³-hybridized carbons (Fsp3) is 0.235. The summed E-state index contributed by atoms with van der Waals surface area (Å²) < 4.78 is 31.5. The molecule has 0 fully saturated rings. The third-order valence-corrected chi connectivity index (χ3v) is 4.64. The summed E-state index contributed by atoms with van der Waals surface area (Å²) >= 11 is 0. The number of carbonyl (C=O) groups excluding carboxylic acids is 1. The van der Waals surface area contributed by atoms with E-state index in [1.165, 1.54) is 24.3 Å². The molecule has 0 atom stereocenters. The monoisotopic (exact) mass is 348 g/mol. The van der Waals surface area contributed by atoms with Crippen LogP contribution < -0.4 is 10.0 Å².